The molecule has 2 aliphatic heterocycles. The van der Waals surface area contributed by atoms with Crippen molar-refractivity contribution in [2.75, 3.05) is 32.4 Å². The predicted octanol–water partition coefficient (Wildman–Crippen LogP) is 5.40. The summed E-state index contributed by atoms with van der Waals surface area (Å²) in [6.45, 7) is 2.81. The number of nitrogens with two attached hydrogens (primary N) is 1. The fourth-order valence-corrected chi connectivity index (χ4v) is 7.02. The Morgan fingerprint density at radius 3 is 2.34 bits per heavy atom. The number of hydrogen-bond acceptors (Lipinski definition) is 6. The second-order valence-corrected chi connectivity index (χ2v) is 14.2. The molecular weight excluding hydrogens is 636 g/mol. The zero-order valence-corrected chi connectivity index (χ0v) is 27.1. The van der Waals surface area contributed by atoms with Crippen molar-refractivity contribution in [3.63, 3.8) is 0 Å². The van der Waals surface area contributed by atoms with Crippen molar-refractivity contribution in [3.05, 3.63) is 95.2 Å². The van der Waals surface area contributed by atoms with Gasteiger partial charge >= 0.3 is 6.18 Å². The number of benzene rings is 2. The van der Waals surface area contributed by atoms with Gasteiger partial charge in [0.1, 0.15) is 11.2 Å². The molecule has 5 rings (SSSR count). The van der Waals surface area contributed by atoms with Crippen LogP contribution >= 0.6 is 0 Å². The van der Waals surface area contributed by atoms with Crippen LogP contribution in [0.4, 0.5) is 17.6 Å². The van der Waals surface area contributed by atoms with E-state index in [4.69, 9.17) is 5.73 Å². The maximum absolute atomic E-state index is 14.6. The lowest BCUT2D eigenvalue weighted by Gasteiger charge is -2.33. The Morgan fingerprint density at radius 2 is 1.74 bits per heavy atom. The van der Waals surface area contributed by atoms with Crippen molar-refractivity contribution in [1.82, 2.24) is 19.6 Å². The number of likely N-dealkylation sites (tertiary alicyclic amines) is 2. The summed E-state index contributed by atoms with van der Waals surface area (Å²) in [5.74, 6) is -1.48. The molecule has 2 N–H and O–H groups in total. The normalized spacial score (nSPS) is 20.6. The zero-order chi connectivity index (χ0) is 34.0. The van der Waals surface area contributed by atoms with Gasteiger partial charge in [0.25, 0.3) is 5.91 Å². The maximum atomic E-state index is 14.6. The van der Waals surface area contributed by atoms with Crippen LogP contribution in [0.5, 0.6) is 0 Å². The highest BCUT2D eigenvalue weighted by Gasteiger charge is 2.59. The predicted molar refractivity (Wildman–Crippen MR) is 170 cm³/mol. The maximum Gasteiger partial charge on any atom is 0.400 e. The summed E-state index contributed by atoms with van der Waals surface area (Å²) < 4.78 is 82.6. The zero-order valence-electron chi connectivity index (χ0n) is 26.3. The Morgan fingerprint density at radius 1 is 1.09 bits per heavy atom. The molecule has 252 valence electrons. The van der Waals surface area contributed by atoms with Crippen LogP contribution < -0.4 is 5.73 Å². The molecule has 2 aliphatic rings. The Hall–Kier alpha value is -4.04. The van der Waals surface area contributed by atoms with Crippen LogP contribution in [0.2, 0.25) is 0 Å². The van der Waals surface area contributed by atoms with Gasteiger partial charge in [-0.15, -0.1) is 0 Å². The summed E-state index contributed by atoms with van der Waals surface area (Å²) in [5.41, 5.74) is 5.66. The highest BCUT2D eigenvalue weighted by Crippen LogP contribution is 2.48. The number of piperidine rings is 1. The van der Waals surface area contributed by atoms with E-state index in [9.17, 15) is 30.8 Å². The molecule has 1 aromatic heterocycles. The number of carbonyl (C=O) groups is 1. The van der Waals surface area contributed by atoms with Crippen molar-refractivity contribution < 1.29 is 30.8 Å². The van der Waals surface area contributed by atoms with Gasteiger partial charge in [-0.05, 0) is 62.0 Å². The molecule has 9 nitrogen and oxygen atoms in total. The minimum atomic E-state index is -4.58. The highest BCUT2D eigenvalue weighted by atomic mass is 32.2. The molecule has 0 spiro atoms. The molecule has 2 aromatic carbocycles. The highest BCUT2D eigenvalue weighted by molar-refractivity contribution is 7.90. The molecule has 1 amide bonds. The van der Waals surface area contributed by atoms with E-state index in [0.29, 0.717) is 38.2 Å². The van der Waals surface area contributed by atoms with Gasteiger partial charge in [-0.1, -0.05) is 49.4 Å². The van der Waals surface area contributed by atoms with Gasteiger partial charge in [-0.25, -0.2) is 22.5 Å². The number of amides is 1. The molecule has 0 radical (unpaired) electrons. The first-order chi connectivity index (χ1) is 22.2. The Labute approximate surface area is 271 Å². The lowest BCUT2D eigenvalue weighted by Crippen LogP contribution is -2.45. The van der Waals surface area contributed by atoms with Crippen LogP contribution in [0, 0.1) is 0 Å². The minimum Gasteiger partial charge on any atom is -0.368 e. The van der Waals surface area contributed by atoms with Crippen LogP contribution in [0.15, 0.2) is 82.7 Å². The number of aromatic nitrogens is 2. The second kappa shape index (κ2) is 13.6. The fraction of sp³-hybridized carbons (Fsp3) is 0.424. The lowest BCUT2D eigenvalue weighted by atomic mass is 9.79. The molecule has 0 aliphatic carbocycles. The number of sulfone groups is 1. The number of nitrogens with zero attached hydrogens (tertiary/aromatic N) is 5. The first kappa shape index (κ1) is 34.3. The average molecular weight is 675 g/mol. The number of halogens is 4. The molecule has 1 atom stereocenters. The summed E-state index contributed by atoms with van der Waals surface area (Å²) in [6, 6.07) is 14.4. The summed E-state index contributed by atoms with van der Waals surface area (Å²) in [5, 5.41) is 4.32. The summed E-state index contributed by atoms with van der Waals surface area (Å²) in [4.78, 5) is 21.7. The summed E-state index contributed by atoms with van der Waals surface area (Å²) in [6.07, 6.45) is -0.134. The van der Waals surface area contributed by atoms with E-state index in [1.807, 2.05) is 0 Å². The van der Waals surface area contributed by atoms with Gasteiger partial charge in [0.15, 0.2) is 9.84 Å². The Kier molecular flexibility index (Phi) is 9.92. The van der Waals surface area contributed by atoms with Crippen molar-refractivity contribution in [2.24, 2.45) is 10.7 Å². The standard InChI is InChI=1S/C33H38F4N6O3S/c1-3-26(34)19-39-31(38)43-29(24-13-16-41(17-14-24)21-23-9-11-27(12-10-23)47(2,45)46)28(20-40-43)30(44)42-18-15-32(22-42,33(35,36)37)25-7-5-4-6-8-25/h4-12,19-20,24H,3,13-18,21-22H2,1-2H3,(H2,38,39)/b26-19+/t32-/m1/s1. The third kappa shape index (κ3) is 7.28. The Balaban J connectivity index is 1.40. The van der Waals surface area contributed by atoms with E-state index in [1.54, 1.807) is 49.4 Å². The number of allylic oxidation sites excluding steroid dienone is 1. The third-order valence-corrected chi connectivity index (χ3v) is 10.2. The number of rotatable bonds is 8. The molecular formula is C33H38F4N6O3S. The number of alkyl halides is 3. The van der Waals surface area contributed by atoms with E-state index < -0.39 is 39.7 Å². The first-order valence-corrected chi connectivity index (χ1v) is 17.3. The number of aliphatic imine (C=N–C) groups is 1. The van der Waals surface area contributed by atoms with Gasteiger partial charge < -0.3 is 10.6 Å². The van der Waals surface area contributed by atoms with Gasteiger partial charge in [0.2, 0.25) is 5.96 Å². The fourth-order valence-electron chi connectivity index (χ4n) is 6.39. The molecule has 2 fully saturated rings. The molecule has 0 unspecified atom stereocenters. The Bertz CT molecular complexity index is 1750. The minimum absolute atomic E-state index is 0.0948. The van der Waals surface area contributed by atoms with Gasteiger partial charge in [-0.2, -0.15) is 18.3 Å². The van der Waals surface area contributed by atoms with Crippen molar-refractivity contribution >= 4 is 21.7 Å². The van der Waals surface area contributed by atoms with Crippen LogP contribution in [0.3, 0.4) is 0 Å². The van der Waals surface area contributed by atoms with Gasteiger partial charge in [0.05, 0.1) is 28.5 Å². The number of hydrogen-bond donors (Lipinski definition) is 1. The SMILES string of the molecule is CC/C(F)=C\N=C(N)n1ncc(C(=O)N2CC[C@@](c3ccccc3)(C(F)(F)F)C2)c1C1CCN(Cc2ccc(S(C)(=O)=O)cc2)CC1. The molecule has 0 saturated carbocycles. The smallest absolute Gasteiger partial charge is 0.368 e. The van der Waals surface area contributed by atoms with E-state index >= 15 is 0 Å². The monoisotopic (exact) mass is 674 g/mol. The number of carbonyl (C=O) groups excluding carboxylic acids is 1. The van der Waals surface area contributed by atoms with Crippen molar-refractivity contribution in [1.29, 1.82) is 0 Å². The van der Waals surface area contributed by atoms with Crippen molar-refractivity contribution in [3.8, 4) is 0 Å². The van der Waals surface area contributed by atoms with E-state index in [2.05, 4.69) is 15.0 Å². The molecule has 0 bridgehead atoms. The molecule has 47 heavy (non-hydrogen) atoms. The topological polar surface area (TPSA) is 114 Å². The van der Waals surface area contributed by atoms with Crippen LogP contribution in [0.25, 0.3) is 0 Å². The van der Waals surface area contributed by atoms with Crippen LogP contribution in [-0.2, 0) is 21.8 Å². The lowest BCUT2D eigenvalue weighted by molar-refractivity contribution is -0.186. The van der Waals surface area contributed by atoms with Crippen LogP contribution in [-0.4, -0.2) is 78.5 Å². The summed E-state index contributed by atoms with van der Waals surface area (Å²) >= 11 is 0. The molecule has 2 saturated heterocycles. The molecule has 3 aromatic rings. The van der Waals surface area contributed by atoms with Gasteiger partial charge in [-0.3, -0.25) is 9.69 Å². The van der Waals surface area contributed by atoms with Gasteiger partial charge in [0, 0.05) is 31.8 Å². The second-order valence-electron chi connectivity index (χ2n) is 12.2. The average Bonchev–Trinajstić information content (AvgIpc) is 3.71. The van der Waals surface area contributed by atoms with E-state index in [-0.39, 0.29) is 47.3 Å². The molecule has 3 heterocycles. The molecule has 14 heteroatoms. The van der Waals surface area contributed by atoms with Crippen molar-refractivity contribution in [2.45, 2.75) is 61.6 Å². The third-order valence-electron chi connectivity index (χ3n) is 9.09. The largest absolute Gasteiger partial charge is 0.400 e. The van der Waals surface area contributed by atoms with Crippen LogP contribution in [0.1, 0.15) is 65.7 Å². The quantitative estimate of drug-likeness (QED) is 0.195. The van der Waals surface area contributed by atoms with E-state index in [0.717, 1.165) is 18.0 Å². The van der Waals surface area contributed by atoms with E-state index in [1.165, 1.54) is 27.9 Å². The first-order valence-electron chi connectivity index (χ1n) is 15.4. The summed E-state index contributed by atoms with van der Waals surface area (Å²) in [7, 11) is -3.31.